The molecule has 20 heavy (non-hydrogen) atoms. The molecule has 0 fully saturated rings. The van der Waals surface area contributed by atoms with Gasteiger partial charge in [0, 0.05) is 13.2 Å². The third-order valence-electron chi connectivity index (χ3n) is 2.64. The molecule has 0 aromatic heterocycles. The van der Waals surface area contributed by atoms with Gasteiger partial charge < -0.3 is 10.1 Å². The van der Waals surface area contributed by atoms with Gasteiger partial charge in [-0.1, -0.05) is 13.8 Å². The van der Waals surface area contributed by atoms with E-state index >= 15 is 0 Å². The normalized spacial score (nSPS) is 10.8. The van der Waals surface area contributed by atoms with Gasteiger partial charge in [0.2, 0.25) is 0 Å². The molecular weight excluding hydrogens is 331 g/mol. The standard InChI is InChI=1S/C13H18BrFN2O3/c1-9(2)3-5-20-6-4-16-12-7-10(14)11(15)8-13(12)17(18)19/h7-9,16H,3-6H2,1-2H3. The Morgan fingerprint density at radius 2 is 2.15 bits per heavy atom. The summed E-state index contributed by atoms with van der Waals surface area (Å²) in [4.78, 5) is 10.2. The fraction of sp³-hybridized carbons (Fsp3) is 0.538. The van der Waals surface area contributed by atoms with Crippen molar-refractivity contribution in [3.63, 3.8) is 0 Å². The summed E-state index contributed by atoms with van der Waals surface area (Å²) in [6.45, 7) is 5.76. The van der Waals surface area contributed by atoms with Crippen molar-refractivity contribution in [2.24, 2.45) is 5.92 Å². The van der Waals surface area contributed by atoms with E-state index in [4.69, 9.17) is 4.74 Å². The summed E-state index contributed by atoms with van der Waals surface area (Å²) in [6.07, 6.45) is 0.974. The maximum Gasteiger partial charge on any atom is 0.295 e. The van der Waals surface area contributed by atoms with Gasteiger partial charge in [0.05, 0.1) is 22.1 Å². The highest BCUT2D eigenvalue weighted by Gasteiger charge is 2.17. The number of ether oxygens (including phenoxy) is 1. The molecule has 1 aromatic rings. The fourth-order valence-corrected chi connectivity index (χ4v) is 1.85. The first-order chi connectivity index (χ1) is 9.41. The fourth-order valence-electron chi connectivity index (χ4n) is 1.51. The number of benzene rings is 1. The van der Waals surface area contributed by atoms with Gasteiger partial charge in [-0.15, -0.1) is 0 Å². The zero-order valence-electron chi connectivity index (χ0n) is 11.5. The number of nitrogens with zero attached hydrogens (tertiary/aromatic N) is 1. The van der Waals surface area contributed by atoms with E-state index in [1.807, 2.05) is 0 Å². The first kappa shape index (κ1) is 16.8. The van der Waals surface area contributed by atoms with Gasteiger partial charge in [-0.2, -0.15) is 0 Å². The van der Waals surface area contributed by atoms with E-state index in [0.29, 0.717) is 25.7 Å². The van der Waals surface area contributed by atoms with Crippen molar-refractivity contribution >= 4 is 27.3 Å². The zero-order chi connectivity index (χ0) is 15.1. The predicted octanol–water partition coefficient (Wildman–Crippen LogP) is 3.97. The highest BCUT2D eigenvalue weighted by Crippen LogP contribution is 2.30. The first-order valence-electron chi connectivity index (χ1n) is 6.37. The van der Waals surface area contributed by atoms with E-state index in [9.17, 15) is 14.5 Å². The summed E-state index contributed by atoms with van der Waals surface area (Å²) in [5.41, 5.74) is -0.0105. The zero-order valence-corrected chi connectivity index (χ0v) is 13.1. The Morgan fingerprint density at radius 3 is 2.75 bits per heavy atom. The molecule has 0 radical (unpaired) electrons. The van der Waals surface area contributed by atoms with Crippen molar-refractivity contribution in [2.45, 2.75) is 20.3 Å². The molecule has 1 rings (SSSR count). The second kappa shape index (κ2) is 8.16. The van der Waals surface area contributed by atoms with E-state index in [1.165, 1.54) is 6.07 Å². The number of hydrogen-bond acceptors (Lipinski definition) is 4. The van der Waals surface area contributed by atoms with Crippen molar-refractivity contribution < 1.29 is 14.1 Å². The minimum absolute atomic E-state index is 0.186. The van der Waals surface area contributed by atoms with Crippen molar-refractivity contribution in [2.75, 3.05) is 25.1 Å². The van der Waals surface area contributed by atoms with Crippen LogP contribution in [0, 0.1) is 21.8 Å². The Hall–Kier alpha value is -1.21. The van der Waals surface area contributed by atoms with Gasteiger partial charge in [-0.05, 0) is 34.3 Å². The van der Waals surface area contributed by atoms with E-state index in [1.54, 1.807) is 0 Å². The van der Waals surface area contributed by atoms with Crippen LogP contribution >= 0.6 is 15.9 Å². The summed E-state index contributed by atoms with van der Waals surface area (Å²) >= 11 is 3.01. The number of nitrogens with one attached hydrogen (secondary N) is 1. The highest BCUT2D eigenvalue weighted by molar-refractivity contribution is 9.10. The van der Waals surface area contributed by atoms with Crippen molar-refractivity contribution in [1.29, 1.82) is 0 Å². The third-order valence-corrected chi connectivity index (χ3v) is 3.24. The highest BCUT2D eigenvalue weighted by atomic mass is 79.9. The van der Waals surface area contributed by atoms with Crippen LogP contribution in [-0.2, 0) is 4.74 Å². The molecule has 0 aliphatic carbocycles. The molecule has 0 saturated heterocycles. The Labute approximate surface area is 125 Å². The molecule has 5 nitrogen and oxygen atoms in total. The molecule has 0 aliphatic heterocycles. The van der Waals surface area contributed by atoms with Crippen molar-refractivity contribution in [3.05, 3.63) is 32.5 Å². The van der Waals surface area contributed by atoms with Crippen LogP contribution in [-0.4, -0.2) is 24.7 Å². The smallest absolute Gasteiger partial charge is 0.295 e. The summed E-state index contributed by atoms with van der Waals surface area (Å²) in [5.74, 6) is -0.0764. The first-order valence-corrected chi connectivity index (χ1v) is 7.16. The lowest BCUT2D eigenvalue weighted by Gasteiger charge is -2.09. The quantitative estimate of drug-likeness (QED) is 0.438. The van der Waals surface area contributed by atoms with Crippen LogP contribution < -0.4 is 5.32 Å². The van der Waals surface area contributed by atoms with Crippen LogP contribution in [0.4, 0.5) is 15.8 Å². The number of nitro benzene ring substituents is 1. The Kier molecular flexibility index (Phi) is 6.87. The topological polar surface area (TPSA) is 64.4 Å². The van der Waals surface area contributed by atoms with Gasteiger partial charge in [0.25, 0.3) is 5.69 Å². The van der Waals surface area contributed by atoms with Crippen molar-refractivity contribution in [1.82, 2.24) is 0 Å². The average Bonchev–Trinajstić information content (AvgIpc) is 2.36. The lowest BCUT2D eigenvalue weighted by molar-refractivity contribution is -0.384. The van der Waals surface area contributed by atoms with Gasteiger partial charge in [0.1, 0.15) is 11.5 Å². The van der Waals surface area contributed by atoms with Crippen LogP contribution in [0.5, 0.6) is 0 Å². The van der Waals surface area contributed by atoms with Crippen LogP contribution in [0.3, 0.4) is 0 Å². The minimum Gasteiger partial charge on any atom is -0.380 e. The molecule has 0 saturated carbocycles. The second-order valence-corrected chi connectivity index (χ2v) is 5.62. The molecular formula is C13H18BrFN2O3. The molecule has 1 N–H and O–H groups in total. The lowest BCUT2D eigenvalue weighted by atomic mass is 10.1. The molecule has 0 aliphatic rings. The lowest BCUT2D eigenvalue weighted by Crippen LogP contribution is -2.12. The average molecular weight is 349 g/mol. The Balaban J connectivity index is 2.51. The van der Waals surface area contributed by atoms with E-state index < -0.39 is 10.7 Å². The number of anilines is 1. The Bertz CT molecular complexity index is 469. The predicted molar refractivity (Wildman–Crippen MR) is 79.5 cm³/mol. The van der Waals surface area contributed by atoms with Crippen LogP contribution in [0.15, 0.2) is 16.6 Å². The molecule has 1 aromatic carbocycles. The van der Waals surface area contributed by atoms with E-state index in [-0.39, 0.29) is 15.8 Å². The van der Waals surface area contributed by atoms with Gasteiger partial charge in [0.15, 0.2) is 0 Å². The van der Waals surface area contributed by atoms with E-state index in [2.05, 4.69) is 35.1 Å². The number of hydrogen-bond donors (Lipinski definition) is 1. The molecule has 0 bridgehead atoms. The number of rotatable bonds is 8. The summed E-state index contributed by atoms with van der Waals surface area (Å²) in [5, 5.41) is 13.7. The molecule has 112 valence electrons. The number of nitro groups is 1. The van der Waals surface area contributed by atoms with Crippen LogP contribution in [0.1, 0.15) is 20.3 Å². The molecule has 0 unspecified atom stereocenters. The van der Waals surface area contributed by atoms with E-state index in [0.717, 1.165) is 12.5 Å². The van der Waals surface area contributed by atoms with Crippen LogP contribution in [0.25, 0.3) is 0 Å². The second-order valence-electron chi connectivity index (χ2n) is 4.76. The summed E-state index contributed by atoms with van der Waals surface area (Å²) in [7, 11) is 0. The van der Waals surface area contributed by atoms with Gasteiger partial charge in [-0.25, -0.2) is 4.39 Å². The summed E-state index contributed by atoms with van der Waals surface area (Å²) in [6, 6.07) is 2.26. The maximum atomic E-state index is 13.3. The Morgan fingerprint density at radius 1 is 1.45 bits per heavy atom. The molecule has 0 heterocycles. The van der Waals surface area contributed by atoms with Gasteiger partial charge >= 0.3 is 0 Å². The number of halogens is 2. The largest absolute Gasteiger partial charge is 0.380 e. The van der Waals surface area contributed by atoms with Crippen molar-refractivity contribution in [3.8, 4) is 0 Å². The third kappa shape index (κ3) is 5.42. The molecule has 0 atom stereocenters. The molecule has 0 amide bonds. The molecule has 7 heteroatoms. The molecule has 0 spiro atoms. The maximum absolute atomic E-state index is 13.3. The van der Waals surface area contributed by atoms with Crippen LogP contribution in [0.2, 0.25) is 0 Å². The minimum atomic E-state index is -0.657. The van der Waals surface area contributed by atoms with Gasteiger partial charge in [-0.3, -0.25) is 10.1 Å². The SMILES string of the molecule is CC(C)CCOCCNc1cc(Br)c(F)cc1[N+](=O)[O-]. The monoisotopic (exact) mass is 348 g/mol. The summed E-state index contributed by atoms with van der Waals surface area (Å²) < 4.78 is 18.9.